The first-order valence-corrected chi connectivity index (χ1v) is 7.88. The summed E-state index contributed by atoms with van der Waals surface area (Å²) in [6.07, 6.45) is 0. The third kappa shape index (κ3) is 5.01. The Morgan fingerprint density at radius 3 is 2.64 bits per heavy atom. The Bertz CT molecular complexity index is 825. The number of halogens is 1. The normalized spacial score (nSPS) is 10.0. The Kier molecular flexibility index (Phi) is 6.07. The molecule has 2 rings (SSSR count). The lowest BCUT2D eigenvalue weighted by molar-refractivity contribution is -0.384. The number of benzene rings is 2. The molecule has 0 aliphatic heterocycles. The van der Waals surface area contributed by atoms with Gasteiger partial charge in [0.1, 0.15) is 0 Å². The molecule has 0 spiro atoms. The predicted octanol–water partition coefficient (Wildman–Crippen LogP) is 3.19. The number of anilines is 2. The van der Waals surface area contributed by atoms with Crippen LogP contribution >= 0.6 is 15.9 Å². The van der Waals surface area contributed by atoms with Crippen LogP contribution in [0, 0.1) is 10.1 Å². The molecule has 0 fully saturated rings. The smallest absolute Gasteiger partial charge is 0.341 e. The maximum atomic E-state index is 12.1. The minimum atomic E-state index is -0.836. The van der Waals surface area contributed by atoms with E-state index in [0.29, 0.717) is 11.4 Å². The lowest BCUT2D eigenvalue weighted by Crippen LogP contribution is -2.21. The van der Waals surface area contributed by atoms with Gasteiger partial charge in [0.05, 0.1) is 10.5 Å². The number of nitrogens with zero attached hydrogens (tertiary/aromatic N) is 1. The highest BCUT2D eigenvalue weighted by Gasteiger charge is 2.18. The number of carbonyl (C=O) groups excluding carboxylic acids is 2. The molecule has 2 aromatic carbocycles. The van der Waals surface area contributed by atoms with Crippen LogP contribution in [0.5, 0.6) is 0 Å². The zero-order valence-corrected chi connectivity index (χ0v) is 14.7. The van der Waals surface area contributed by atoms with Crippen molar-refractivity contribution in [3.05, 3.63) is 62.6 Å². The Balaban J connectivity index is 2.03. The van der Waals surface area contributed by atoms with Crippen molar-refractivity contribution >= 4 is 44.9 Å². The number of hydrogen-bond donors (Lipinski definition) is 2. The first-order valence-electron chi connectivity index (χ1n) is 7.09. The first kappa shape index (κ1) is 18.4. The largest absolute Gasteiger partial charge is 0.452 e. The van der Waals surface area contributed by atoms with Gasteiger partial charge in [-0.05, 0) is 24.3 Å². The highest BCUT2D eigenvalue weighted by atomic mass is 79.9. The number of ether oxygens (including phenoxy) is 1. The quantitative estimate of drug-likeness (QED) is 0.432. The highest BCUT2D eigenvalue weighted by Crippen LogP contribution is 2.22. The summed E-state index contributed by atoms with van der Waals surface area (Å²) in [5.74, 6) is -1.36. The van der Waals surface area contributed by atoms with Gasteiger partial charge >= 0.3 is 5.97 Å². The molecule has 0 aliphatic rings. The van der Waals surface area contributed by atoms with E-state index < -0.39 is 23.4 Å². The zero-order chi connectivity index (χ0) is 18.4. The van der Waals surface area contributed by atoms with E-state index in [0.717, 1.165) is 10.5 Å². The maximum absolute atomic E-state index is 12.1. The van der Waals surface area contributed by atoms with Crippen LogP contribution < -0.4 is 10.6 Å². The van der Waals surface area contributed by atoms with Gasteiger partial charge in [0.25, 0.3) is 11.6 Å². The minimum Gasteiger partial charge on any atom is -0.452 e. The number of non-ortho nitro benzene ring substituents is 1. The van der Waals surface area contributed by atoms with Gasteiger partial charge in [0.2, 0.25) is 0 Å². The number of nitro groups is 1. The molecule has 0 atom stereocenters. The molecule has 0 radical (unpaired) electrons. The van der Waals surface area contributed by atoms with E-state index in [1.54, 1.807) is 31.3 Å². The molecule has 0 bridgehead atoms. The molecule has 2 N–H and O–H groups in total. The minimum absolute atomic E-state index is 0.0213. The number of rotatable bonds is 6. The van der Waals surface area contributed by atoms with Crippen molar-refractivity contribution in [2.75, 3.05) is 24.3 Å². The molecule has 0 heterocycles. The zero-order valence-electron chi connectivity index (χ0n) is 13.1. The summed E-state index contributed by atoms with van der Waals surface area (Å²) in [5.41, 5.74) is 0.640. The Morgan fingerprint density at radius 2 is 2.00 bits per heavy atom. The molecule has 8 nitrogen and oxygen atoms in total. The highest BCUT2D eigenvalue weighted by molar-refractivity contribution is 9.10. The van der Waals surface area contributed by atoms with Gasteiger partial charge in [-0.1, -0.05) is 22.0 Å². The predicted molar refractivity (Wildman–Crippen MR) is 95.7 cm³/mol. The van der Waals surface area contributed by atoms with E-state index in [1.807, 2.05) is 0 Å². The van der Waals surface area contributed by atoms with Gasteiger partial charge in [-0.2, -0.15) is 0 Å². The van der Waals surface area contributed by atoms with Crippen molar-refractivity contribution in [1.82, 2.24) is 0 Å². The second-order valence-corrected chi connectivity index (χ2v) is 5.79. The number of nitro benzene ring substituents is 1. The lowest BCUT2D eigenvalue weighted by atomic mass is 10.1. The van der Waals surface area contributed by atoms with Crippen LogP contribution in [0.1, 0.15) is 10.4 Å². The second kappa shape index (κ2) is 8.25. The van der Waals surface area contributed by atoms with Crippen LogP contribution in [0.25, 0.3) is 0 Å². The van der Waals surface area contributed by atoms with Crippen LogP contribution in [0.15, 0.2) is 46.9 Å². The maximum Gasteiger partial charge on any atom is 0.341 e. The molecule has 1 amide bonds. The molecule has 130 valence electrons. The summed E-state index contributed by atoms with van der Waals surface area (Å²) in [6, 6.07) is 10.7. The van der Waals surface area contributed by atoms with Crippen LogP contribution in [0.4, 0.5) is 17.1 Å². The Morgan fingerprint density at radius 1 is 1.24 bits per heavy atom. The van der Waals surface area contributed by atoms with Crippen LogP contribution in [0.3, 0.4) is 0 Å². The second-order valence-electron chi connectivity index (χ2n) is 4.87. The van der Waals surface area contributed by atoms with Gasteiger partial charge in [-0.25, -0.2) is 4.79 Å². The van der Waals surface area contributed by atoms with Crippen molar-refractivity contribution in [2.24, 2.45) is 0 Å². The van der Waals surface area contributed by atoms with E-state index in [-0.39, 0.29) is 11.3 Å². The van der Waals surface area contributed by atoms with E-state index in [4.69, 9.17) is 4.74 Å². The van der Waals surface area contributed by atoms with E-state index in [2.05, 4.69) is 26.6 Å². The molecule has 0 aliphatic carbocycles. The Hall–Kier alpha value is -2.94. The number of esters is 1. The lowest BCUT2D eigenvalue weighted by Gasteiger charge is -2.10. The third-order valence-corrected chi connectivity index (χ3v) is 3.64. The summed E-state index contributed by atoms with van der Waals surface area (Å²) < 4.78 is 5.73. The summed E-state index contributed by atoms with van der Waals surface area (Å²) in [6.45, 7) is -0.517. The average Bonchev–Trinajstić information content (AvgIpc) is 2.59. The standard InChI is InChI=1S/C16H14BrN3O5/c1-18-14-6-5-12(20(23)24)8-13(14)16(22)25-9-15(21)19-11-4-2-3-10(17)7-11/h2-8,18H,9H2,1H3,(H,19,21). The molecule has 25 heavy (non-hydrogen) atoms. The molecular weight excluding hydrogens is 394 g/mol. The number of carbonyl (C=O) groups is 2. The number of amides is 1. The van der Waals surface area contributed by atoms with Crippen LogP contribution in [-0.2, 0) is 9.53 Å². The first-order chi connectivity index (χ1) is 11.9. The molecule has 0 saturated heterocycles. The number of hydrogen-bond acceptors (Lipinski definition) is 6. The van der Waals surface area contributed by atoms with Crippen molar-refractivity contribution in [3.63, 3.8) is 0 Å². The van der Waals surface area contributed by atoms with Crippen molar-refractivity contribution in [2.45, 2.75) is 0 Å². The van der Waals surface area contributed by atoms with Crippen molar-refractivity contribution in [3.8, 4) is 0 Å². The molecule has 9 heteroatoms. The van der Waals surface area contributed by atoms with Gasteiger partial charge in [0, 0.05) is 35.0 Å². The summed E-state index contributed by atoms with van der Waals surface area (Å²) >= 11 is 3.28. The van der Waals surface area contributed by atoms with Crippen LogP contribution in [-0.4, -0.2) is 30.5 Å². The van der Waals surface area contributed by atoms with E-state index in [1.165, 1.54) is 12.1 Å². The van der Waals surface area contributed by atoms with Gasteiger partial charge in [-0.15, -0.1) is 0 Å². The Labute approximate surface area is 151 Å². The summed E-state index contributed by atoms with van der Waals surface area (Å²) in [4.78, 5) is 34.2. The topological polar surface area (TPSA) is 111 Å². The van der Waals surface area contributed by atoms with E-state index in [9.17, 15) is 19.7 Å². The molecular formula is C16H14BrN3O5. The molecule has 0 saturated carbocycles. The number of nitrogens with one attached hydrogen (secondary N) is 2. The summed E-state index contributed by atoms with van der Waals surface area (Å²) in [7, 11) is 1.57. The van der Waals surface area contributed by atoms with E-state index >= 15 is 0 Å². The van der Waals surface area contributed by atoms with Crippen molar-refractivity contribution < 1.29 is 19.2 Å². The molecule has 0 unspecified atom stereocenters. The van der Waals surface area contributed by atoms with Gasteiger partial charge in [-0.3, -0.25) is 14.9 Å². The fraction of sp³-hybridized carbons (Fsp3) is 0.125. The fourth-order valence-electron chi connectivity index (χ4n) is 2.00. The SMILES string of the molecule is CNc1ccc([N+](=O)[O-])cc1C(=O)OCC(=O)Nc1cccc(Br)c1. The monoisotopic (exact) mass is 407 g/mol. The average molecular weight is 408 g/mol. The summed E-state index contributed by atoms with van der Waals surface area (Å²) in [5, 5.41) is 16.2. The van der Waals surface area contributed by atoms with Gasteiger partial charge in [0.15, 0.2) is 6.61 Å². The molecule has 2 aromatic rings. The fourth-order valence-corrected chi connectivity index (χ4v) is 2.40. The molecule has 0 aromatic heterocycles. The van der Waals surface area contributed by atoms with Gasteiger partial charge < -0.3 is 15.4 Å². The van der Waals surface area contributed by atoms with Crippen molar-refractivity contribution in [1.29, 1.82) is 0 Å². The van der Waals surface area contributed by atoms with Crippen LogP contribution in [0.2, 0.25) is 0 Å². The third-order valence-electron chi connectivity index (χ3n) is 3.15.